The molecule has 2 aromatic rings. The van der Waals surface area contributed by atoms with E-state index in [1.165, 1.54) is 12.8 Å². The molecule has 31 heavy (non-hydrogen) atoms. The fraction of sp³-hybridized carbons (Fsp3) is 0.696. The molecule has 170 valence electrons. The summed E-state index contributed by atoms with van der Waals surface area (Å²) in [6.45, 7) is 7.62. The van der Waals surface area contributed by atoms with E-state index in [2.05, 4.69) is 39.8 Å². The van der Waals surface area contributed by atoms with Crippen molar-refractivity contribution < 1.29 is 9.84 Å². The monoisotopic (exact) mass is 428 g/mol. The lowest BCUT2D eigenvalue weighted by atomic mass is 9.90. The summed E-state index contributed by atoms with van der Waals surface area (Å²) in [6, 6.07) is 3.67. The molecule has 1 saturated heterocycles. The number of aromatic nitrogens is 3. The molecule has 0 unspecified atom stereocenters. The van der Waals surface area contributed by atoms with Gasteiger partial charge in [-0.2, -0.15) is 0 Å². The van der Waals surface area contributed by atoms with E-state index >= 15 is 0 Å². The summed E-state index contributed by atoms with van der Waals surface area (Å²) in [7, 11) is 0. The van der Waals surface area contributed by atoms with Crippen LogP contribution < -0.4 is 16.0 Å². The van der Waals surface area contributed by atoms with Crippen molar-refractivity contribution in [1.29, 1.82) is 0 Å². The van der Waals surface area contributed by atoms with Gasteiger partial charge in [0.05, 0.1) is 11.8 Å². The van der Waals surface area contributed by atoms with Gasteiger partial charge in [0.25, 0.3) is 0 Å². The van der Waals surface area contributed by atoms with Gasteiger partial charge in [0.15, 0.2) is 5.82 Å². The number of hydrogen-bond acceptors (Lipinski definition) is 8. The summed E-state index contributed by atoms with van der Waals surface area (Å²) in [5.41, 5.74) is 1.40. The van der Waals surface area contributed by atoms with Gasteiger partial charge in [0, 0.05) is 49.0 Å². The molecule has 3 heterocycles. The summed E-state index contributed by atoms with van der Waals surface area (Å²) in [5, 5.41) is 21.6. The summed E-state index contributed by atoms with van der Waals surface area (Å²) in [5.74, 6) is 1.34. The molecule has 4 N–H and O–H groups in total. The standard InChI is InChI=1S/C23H36N6O2/c1-14(2)25-22-21-16(12-20(28-22)15(3)30)13-24-23(29-21)27-18-6-4-17(5-7-18)26-19-8-10-31-11-9-19/h12-15,17-19,26,30H,4-11H2,1-3H3,(H,25,28)(H,24,27,29)/t15-,17?,18?/m1/s1. The first-order valence-electron chi connectivity index (χ1n) is 11.7. The number of fused-ring (bicyclic) bond motifs is 1. The SMILES string of the molecule is CC(C)Nc1nc([C@@H](C)O)cc2cnc(NC3CCC(NC4CCOCC4)CC3)nc12. The Balaban J connectivity index is 1.41. The summed E-state index contributed by atoms with van der Waals surface area (Å²) in [4.78, 5) is 13.9. The molecule has 0 spiro atoms. The molecule has 1 aliphatic carbocycles. The van der Waals surface area contributed by atoms with E-state index in [0.29, 0.717) is 35.6 Å². The Bertz CT molecular complexity index is 861. The maximum atomic E-state index is 9.98. The van der Waals surface area contributed by atoms with Gasteiger partial charge in [-0.1, -0.05) is 0 Å². The highest BCUT2D eigenvalue weighted by Gasteiger charge is 2.25. The fourth-order valence-corrected chi connectivity index (χ4v) is 4.50. The van der Waals surface area contributed by atoms with Crippen molar-refractivity contribution >= 4 is 22.7 Å². The van der Waals surface area contributed by atoms with Gasteiger partial charge in [0.1, 0.15) is 5.52 Å². The number of anilines is 2. The largest absolute Gasteiger partial charge is 0.387 e. The van der Waals surface area contributed by atoms with E-state index in [9.17, 15) is 5.11 Å². The minimum absolute atomic E-state index is 0.213. The first-order valence-corrected chi connectivity index (χ1v) is 11.7. The molecular weight excluding hydrogens is 392 g/mol. The summed E-state index contributed by atoms with van der Waals surface area (Å²) in [6.07, 6.45) is 7.99. The van der Waals surface area contributed by atoms with Crippen LogP contribution in [-0.2, 0) is 4.74 Å². The highest BCUT2D eigenvalue weighted by molar-refractivity contribution is 5.89. The highest BCUT2D eigenvalue weighted by atomic mass is 16.5. The van der Waals surface area contributed by atoms with Crippen LogP contribution in [0.15, 0.2) is 12.3 Å². The minimum Gasteiger partial charge on any atom is -0.387 e. The molecule has 0 amide bonds. The maximum Gasteiger partial charge on any atom is 0.223 e. The number of nitrogens with one attached hydrogen (secondary N) is 3. The fourth-order valence-electron chi connectivity index (χ4n) is 4.50. The predicted molar refractivity (Wildman–Crippen MR) is 123 cm³/mol. The highest BCUT2D eigenvalue weighted by Crippen LogP contribution is 2.27. The van der Waals surface area contributed by atoms with E-state index < -0.39 is 6.10 Å². The van der Waals surface area contributed by atoms with E-state index in [-0.39, 0.29) is 6.04 Å². The van der Waals surface area contributed by atoms with Crippen LogP contribution in [0.1, 0.15) is 71.1 Å². The zero-order valence-electron chi connectivity index (χ0n) is 18.9. The van der Waals surface area contributed by atoms with E-state index in [4.69, 9.17) is 9.72 Å². The van der Waals surface area contributed by atoms with Crippen molar-refractivity contribution in [3.05, 3.63) is 18.0 Å². The number of ether oxygens (including phenoxy) is 1. The van der Waals surface area contributed by atoms with Gasteiger partial charge in [-0.15, -0.1) is 0 Å². The van der Waals surface area contributed by atoms with Gasteiger partial charge in [0.2, 0.25) is 5.95 Å². The lowest BCUT2D eigenvalue weighted by Gasteiger charge is -2.33. The van der Waals surface area contributed by atoms with E-state index in [1.807, 2.05) is 12.3 Å². The first-order chi connectivity index (χ1) is 15.0. The van der Waals surface area contributed by atoms with Crippen LogP contribution in [0.25, 0.3) is 10.9 Å². The van der Waals surface area contributed by atoms with Crippen molar-refractivity contribution in [2.75, 3.05) is 23.8 Å². The van der Waals surface area contributed by atoms with Crippen molar-refractivity contribution in [2.24, 2.45) is 0 Å². The van der Waals surface area contributed by atoms with Crippen LogP contribution in [-0.4, -0.2) is 57.4 Å². The van der Waals surface area contributed by atoms with Gasteiger partial charge in [-0.3, -0.25) is 0 Å². The molecule has 1 atom stereocenters. The number of rotatable bonds is 7. The second kappa shape index (κ2) is 10.1. The third kappa shape index (κ3) is 5.81. The van der Waals surface area contributed by atoms with Gasteiger partial charge in [-0.05, 0) is 65.4 Å². The van der Waals surface area contributed by atoms with Crippen LogP contribution in [0.4, 0.5) is 11.8 Å². The Hall–Kier alpha value is -2.03. The van der Waals surface area contributed by atoms with Gasteiger partial charge >= 0.3 is 0 Å². The third-order valence-corrected chi connectivity index (χ3v) is 6.19. The minimum atomic E-state index is -0.639. The number of aliphatic hydroxyl groups is 1. The van der Waals surface area contributed by atoms with Gasteiger partial charge < -0.3 is 25.8 Å². The zero-order chi connectivity index (χ0) is 21.8. The average Bonchev–Trinajstić information content (AvgIpc) is 2.75. The van der Waals surface area contributed by atoms with Crippen molar-refractivity contribution in [3.8, 4) is 0 Å². The molecule has 8 nitrogen and oxygen atoms in total. The Kier molecular flexibility index (Phi) is 7.20. The molecule has 8 heteroatoms. The first kappa shape index (κ1) is 22.2. The molecule has 2 fully saturated rings. The van der Waals surface area contributed by atoms with Crippen molar-refractivity contribution in [1.82, 2.24) is 20.3 Å². The summed E-state index contributed by atoms with van der Waals surface area (Å²) < 4.78 is 5.47. The molecule has 1 aliphatic heterocycles. The van der Waals surface area contributed by atoms with Crippen LogP contribution in [0.5, 0.6) is 0 Å². The lowest BCUT2D eigenvalue weighted by Crippen LogP contribution is -2.44. The maximum absolute atomic E-state index is 9.98. The zero-order valence-corrected chi connectivity index (χ0v) is 18.9. The normalized spacial score (nSPS) is 23.8. The Morgan fingerprint density at radius 1 is 0.968 bits per heavy atom. The topological polar surface area (TPSA) is 104 Å². The molecule has 0 bridgehead atoms. The van der Waals surface area contributed by atoms with Crippen LogP contribution in [0, 0.1) is 0 Å². The molecule has 4 rings (SSSR count). The number of hydrogen-bond donors (Lipinski definition) is 4. The quantitative estimate of drug-likeness (QED) is 0.532. The van der Waals surface area contributed by atoms with Crippen molar-refractivity contribution in [2.45, 2.75) is 89.6 Å². The second-order valence-electron chi connectivity index (χ2n) is 9.25. The number of aliphatic hydroxyl groups excluding tert-OH is 1. The van der Waals surface area contributed by atoms with Crippen molar-refractivity contribution in [3.63, 3.8) is 0 Å². The van der Waals surface area contributed by atoms with Crippen LogP contribution in [0.3, 0.4) is 0 Å². The smallest absolute Gasteiger partial charge is 0.223 e. The van der Waals surface area contributed by atoms with Gasteiger partial charge in [-0.25, -0.2) is 15.0 Å². The molecule has 0 aromatic carbocycles. The Morgan fingerprint density at radius 2 is 1.65 bits per heavy atom. The third-order valence-electron chi connectivity index (χ3n) is 6.19. The average molecular weight is 429 g/mol. The lowest BCUT2D eigenvalue weighted by molar-refractivity contribution is 0.0730. The molecule has 1 saturated carbocycles. The number of pyridine rings is 1. The Labute approximate surface area is 184 Å². The predicted octanol–water partition coefficient (Wildman–Crippen LogP) is 3.39. The number of nitrogens with zero attached hydrogens (tertiary/aromatic N) is 3. The molecular formula is C23H36N6O2. The second-order valence-corrected chi connectivity index (χ2v) is 9.25. The van der Waals surface area contributed by atoms with E-state index in [1.54, 1.807) is 6.92 Å². The Morgan fingerprint density at radius 3 is 2.32 bits per heavy atom. The molecule has 0 radical (unpaired) electrons. The summed E-state index contributed by atoms with van der Waals surface area (Å²) >= 11 is 0. The molecule has 2 aliphatic rings. The van der Waals surface area contributed by atoms with Crippen LogP contribution in [0.2, 0.25) is 0 Å². The van der Waals surface area contributed by atoms with E-state index in [0.717, 1.165) is 49.8 Å². The van der Waals surface area contributed by atoms with Crippen LogP contribution >= 0.6 is 0 Å². The molecule has 2 aromatic heterocycles.